The number of aliphatic imine (C=N–C) groups is 2. The van der Waals surface area contributed by atoms with Crippen LogP contribution in [-0.2, 0) is 4.79 Å². The second-order valence-electron chi connectivity index (χ2n) is 2.43. The third-order valence-corrected chi connectivity index (χ3v) is 1.64. The highest BCUT2D eigenvalue weighted by Crippen LogP contribution is 2.08. The van der Waals surface area contributed by atoms with Crippen LogP contribution in [0, 0.1) is 0 Å². The molecule has 72 valence electrons. The highest BCUT2D eigenvalue weighted by Gasteiger charge is 1.89. The quantitative estimate of drug-likeness (QED) is 0.311. The van der Waals surface area contributed by atoms with Crippen LogP contribution in [0.2, 0.25) is 0 Å². The lowest BCUT2D eigenvalue weighted by molar-refractivity contribution is -0.110. The molecule has 0 radical (unpaired) electrons. The average Bonchev–Trinajstić information content (AvgIpc) is 2.02. The van der Waals surface area contributed by atoms with Gasteiger partial charge in [0.1, 0.15) is 11.5 Å². The molecule has 0 unspecified atom stereocenters. The van der Waals surface area contributed by atoms with Gasteiger partial charge in [0, 0.05) is 6.21 Å². The van der Waals surface area contributed by atoms with E-state index >= 15 is 0 Å². The van der Waals surface area contributed by atoms with E-state index in [2.05, 4.69) is 9.98 Å². The van der Waals surface area contributed by atoms with Crippen molar-refractivity contribution in [3.05, 3.63) is 10.7 Å². The maximum atomic E-state index is 10.2. The Morgan fingerprint density at radius 2 is 2.00 bits per heavy atom. The molecule has 0 bridgehead atoms. The number of hydrogen-bond acceptors (Lipinski definition) is 2. The van der Waals surface area contributed by atoms with Gasteiger partial charge in [-0.3, -0.25) is 4.79 Å². The van der Waals surface area contributed by atoms with Crippen molar-refractivity contribution in [1.29, 1.82) is 0 Å². The minimum Gasteiger partial charge on any atom is -0.281 e. The van der Waals surface area contributed by atoms with Crippen molar-refractivity contribution in [3.63, 3.8) is 0 Å². The van der Waals surface area contributed by atoms with E-state index in [1.807, 2.05) is 13.8 Å². The zero-order valence-corrected chi connectivity index (χ0v) is 8.93. The third-order valence-electron chi connectivity index (χ3n) is 1.01. The van der Waals surface area contributed by atoms with E-state index in [1.165, 1.54) is 12.6 Å². The van der Waals surface area contributed by atoms with Crippen molar-refractivity contribution in [2.75, 3.05) is 0 Å². The molecule has 0 aromatic rings. The van der Waals surface area contributed by atoms with Crippen molar-refractivity contribution >= 4 is 41.0 Å². The Morgan fingerprint density at radius 3 is 2.46 bits per heavy atom. The van der Waals surface area contributed by atoms with E-state index in [-0.39, 0.29) is 6.42 Å². The Kier molecular flexibility index (Phi) is 6.45. The number of carbonyl (C=O) groups is 1. The van der Waals surface area contributed by atoms with Gasteiger partial charge >= 0.3 is 0 Å². The first-order valence-electron chi connectivity index (χ1n) is 3.59. The average molecular weight is 221 g/mol. The van der Waals surface area contributed by atoms with Crippen LogP contribution in [0.5, 0.6) is 0 Å². The van der Waals surface area contributed by atoms with E-state index in [0.717, 1.165) is 5.57 Å². The Bertz CT molecular complexity index is 265. The van der Waals surface area contributed by atoms with Crippen LogP contribution in [0.1, 0.15) is 20.3 Å². The Morgan fingerprint density at radius 1 is 1.38 bits per heavy atom. The third kappa shape index (κ3) is 7.68. The molecule has 0 amide bonds. The number of allylic oxidation sites excluding steroid dienone is 1. The van der Waals surface area contributed by atoms with Gasteiger partial charge in [0.25, 0.3) is 0 Å². The fraction of sp³-hybridized carbons (Fsp3) is 0.375. The molecular weight excluding hydrogens is 211 g/mol. The molecule has 0 aliphatic carbocycles. The van der Waals surface area contributed by atoms with Gasteiger partial charge in [-0.05, 0) is 31.0 Å². The number of hydrogen-bond donors (Lipinski definition) is 0. The van der Waals surface area contributed by atoms with Crippen LogP contribution in [0.3, 0.4) is 0 Å². The van der Waals surface area contributed by atoms with Crippen LogP contribution in [-0.4, -0.2) is 17.8 Å². The van der Waals surface area contributed by atoms with Crippen molar-refractivity contribution < 1.29 is 4.79 Å². The summed E-state index contributed by atoms with van der Waals surface area (Å²) in [5.74, 6) is 0. The first kappa shape index (κ1) is 12.3. The summed E-state index contributed by atoms with van der Waals surface area (Å²) in [5.41, 5.74) is 0.904. The van der Waals surface area contributed by atoms with E-state index in [0.29, 0.717) is 5.16 Å². The maximum Gasteiger partial charge on any atom is 0.226 e. The van der Waals surface area contributed by atoms with Gasteiger partial charge in [-0.2, -0.15) is 0 Å². The molecule has 0 aliphatic heterocycles. The smallest absolute Gasteiger partial charge is 0.226 e. The Labute approximate surface area is 87.2 Å². The van der Waals surface area contributed by atoms with Crippen molar-refractivity contribution in [2.24, 2.45) is 9.98 Å². The molecule has 0 aliphatic rings. The van der Waals surface area contributed by atoms with Gasteiger partial charge in [0.05, 0.1) is 6.42 Å². The molecule has 0 saturated carbocycles. The number of nitrogens with zero attached hydrogens (tertiary/aromatic N) is 2. The van der Waals surface area contributed by atoms with Gasteiger partial charge < -0.3 is 0 Å². The molecule has 0 atom stereocenters. The summed E-state index contributed by atoms with van der Waals surface area (Å²) in [7, 11) is 0. The van der Waals surface area contributed by atoms with Crippen molar-refractivity contribution in [1.82, 2.24) is 0 Å². The predicted molar refractivity (Wildman–Crippen MR) is 56.7 cm³/mol. The van der Waals surface area contributed by atoms with Crippen LogP contribution >= 0.6 is 23.2 Å². The maximum absolute atomic E-state index is 10.2. The summed E-state index contributed by atoms with van der Waals surface area (Å²) < 4.78 is 0. The fourth-order valence-corrected chi connectivity index (χ4v) is 0.497. The fourth-order valence-electron chi connectivity index (χ4n) is 0.385. The predicted octanol–water partition coefficient (Wildman–Crippen LogP) is 2.73. The van der Waals surface area contributed by atoms with Crippen LogP contribution in [0.25, 0.3) is 0 Å². The monoisotopic (exact) mass is 220 g/mol. The topological polar surface area (TPSA) is 41.8 Å². The minimum absolute atomic E-state index is 0.0972. The Hall–Kier alpha value is -0.670. The lowest BCUT2D eigenvalue weighted by Gasteiger charge is -1.89. The van der Waals surface area contributed by atoms with Gasteiger partial charge in [-0.1, -0.05) is 11.6 Å². The van der Waals surface area contributed by atoms with E-state index in [4.69, 9.17) is 23.2 Å². The lowest BCUT2D eigenvalue weighted by Crippen LogP contribution is -1.85. The molecule has 0 heterocycles. The molecule has 13 heavy (non-hydrogen) atoms. The van der Waals surface area contributed by atoms with Gasteiger partial charge in [-0.25, -0.2) is 9.98 Å². The second-order valence-corrected chi connectivity index (χ2v) is 3.21. The van der Waals surface area contributed by atoms with Gasteiger partial charge in [-0.15, -0.1) is 0 Å². The molecule has 0 saturated heterocycles. The highest BCUT2D eigenvalue weighted by molar-refractivity contribution is 6.64. The Balaban J connectivity index is 3.95. The van der Waals surface area contributed by atoms with Crippen molar-refractivity contribution in [2.45, 2.75) is 20.3 Å². The standard InChI is InChI=1S/C8H10Cl2N2O/c1-6(2)8(10)12-5-11-4-3-7(9)13/h4-5H,3H2,1-2H3. The van der Waals surface area contributed by atoms with E-state index in [9.17, 15) is 4.79 Å². The van der Waals surface area contributed by atoms with Gasteiger partial charge in [0.15, 0.2) is 0 Å². The molecule has 0 fully saturated rings. The van der Waals surface area contributed by atoms with Crippen LogP contribution in [0.15, 0.2) is 20.7 Å². The van der Waals surface area contributed by atoms with Gasteiger partial charge in [0.2, 0.25) is 5.24 Å². The summed E-state index contributed by atoms with van der Waals surface area (Å²) in [6.45, 7) is 3.68. The number of rotatable bonds is 4. The second kappa shape index (κ2) is 6.80. The first-order valence-corrected chi connectivity index (χ1v) is 4.35. The zero-order chi connectivity index (χ0) is 10.3. The SMILES string of the molecule is CC(C)=C(Cl)N=CN=CCC(=O)Cl. The number of halogens is 2. The van der Waals surface area contributed by atoms with Crippen molar-refractivity contribution in [3.8, 4) is 0 Å². The highest BCUT2D eigenvalue weighted by atomic mass is 35.5. The molecule has 3 nitrogen and oxygen atoms in total. The van der Waals surface area contributed by atoms with E-state index in [1.54, 1.807) is 0 Å². The number of carbonyl (C=O) groups excluding carboxylic acids is 1. The molecule has 0 spiro atoms. The largest absolute Gasteiger partial charge is 0.281 e. The minimum atomic E-state index is -0.453. The molecule has 0 aromatic carbocycles. The summed E-state index contributed by atoms with van der Waals surface area (Å²) in [5, 5.41) is -0.0557. The van der Waals surface area contributed by atoms with Crippen LogP contribution in [0.4, 0.5) is 0 Å². The lowest BCUT2D eigenvalue weighted by atomic mass is 10.4. The summed E-state index contributed by atoms with van der Waals surface area (Å²) in [6, 6.07) is 0. The summed E-state index contributed by atoms with van der Waals surface area (Å²) in [6.07, 6.45) is 2.74. The zero-order valence-electron chi connectivity index (χ0n) is 7.42. The molecule has 0 rings (SSSR count). The first-order chi connectivity index (χ1) is 6.04. The molecule has 5 heteroatoms. The molecule has 0 N–H and O–H groups in total. The molecule has 0 aromatic heterocycles. The summed E-state index contributed by atoms with van der Waals surface area (Å²) >= 11 is 10.7. The normalized spacial score (nSPS) is 11.1. The van der Waals surface area contributed by atoms with E-state index < -0.39 is 5.24 Å². The molecular formula is C8H10Cl2N2O. The van der Waals surface area contributed by atoms with Crippen LogP contribution < -0.4 is 0 Å². The summed E-state index contributed by atoms with van der Waals surface area (Å²) in [4.78, 5) is 17.7.